The maximum atomic E-state index is 11.7. The Kier molecular flexibility index (Phi) is 4.25. The van der Waals surface area contributed by atoms with Crippen molar-refractivity contribution in [2.45, 2.75) is 25.0 Å². The van der Waals surface area contributed by atoms with Crippen molar-refractivity contribution < 1.29 is 23.4 Å². The smallest absolute Gasteiger partial charge is 0.321 e. The SMILES string of the molecule is N[C@@H](CS(=O)(=O)N1CCC(O)CC1)C(=O)O. The first-order valence-electron chi connectivity index (χ1n) is 4.97. The van der Waals surface area contributed by atoms with Crippen molar-refractivity contribution in [2.24, 2.45) is 5.73 Å². The lowest BCUT2D eigenvalue weighted by Crippen LogP contribution is -2.46. The van der Waals surface area contributed by atoms with E-state index in [-0.39, 0.29) is 13.1 Å². The molecular formula is C8H16N2O5S. The highest BCUT2D eigenvalue weighted by Crippen LogP contribution is 2.14. The first-order valence-corrected chi connectivity index (χ1v) is 6.58. The van der Waals surface area contributed by atoms with E-state index in [0.717, 1.165) is 0 Å². The first-order chi connectivity index (χ1) is 7.33. The van der Waals surface area contributed by atoms with Gasteiger partial charge in [0.05, 0.1) is 11.9 Å². The molecule has 0 aromatic rings. The molecule has 0 bridgehead atoms. The van der Waals surface area contributed by atoms with Crippen molar-refractivity contribution in [3.8, 4) is 0 Å². The van der Waals surface area contributed by atoms with Crippen LogP contribution in [0.5, 0.6) is 0 Å². The monoisotopic (exact) mass is 252 g/mol. The zero-order valence-electron chi connectivity index (χ0n) is 8.74. The molecule has 94 valence electrons. The van der Waals surface area contributed by atoms with E-state index in [1.54, 1.807) is 0 Å². The number of aliphatic hydroxyl groups is 1. The molecule has 0 radical (unpaired) electrons. The lowest BCUT2D eigenvalue weighted by Gasteiger charge is -2.29. The third kappa shape index (κ3) is 3.41. The van der Waals surface area contributed by atoms with Gasteiger partial charge in [0.25, 0.3) is 0 Å². The second-order valence-electron chi connectivity index (χ2n) is 3.85. The third-order valence-corrected chi connectivity index (χ3v) is 4.46. The van der Waals surface area contributed by atoms with Gasteiger partial charge in [-0.2, -0.15) is 0 Å². The zero-order chi connectivity index (χ0) is 12.3. The highest BCUT2D eigenvalue weighted by Gasteiger charge is 2.30. The summed E-state index contributed by atoms with van der Waals surface area (Å²) in [5.41, 5.74) is 5.18. The predicted molar refractivity (Wildman–Crippen MR) is 56.2 cm³/mol. The normalized spacial score (nSPS) is 21.9. The van der Waals surface area contributed by atoms with E-state index >= 15 is 0 Å². The van der Waals surface area contributed by atoms with E-state index in [9.17, 15) is 18.3 Å². The lowest BCUT2D eigenvalue weighted by molar-refractivity contribution is -0.138. The number of rotatable bonds is 4. The Bertz CT molecular complexity index is 347. The summed E-state index contributed by atoms with van der Waals surface area (Å²) >= 11 is 0. The highest BCUT2D eigenvalue weighted by molar-refractivity contribution is 7.89. The molecule has 0 saturated carbocycles. The summed E-state index contributed by atoms with van der Waals surface area (Å²) in [4.78, 5) is 10.5. The zero-order valence-corrected chi connectivity index (χ0v) is 9.56. The van der Waals surface area contributed by atoms with Gasteiger partial charge in [0.1, 0.15) is 6.04 Å². The minimum absolute atomic E-state index is 0.218. The van der Waals surface area contributed by atoms with Crippen LogP contribution in [0.2, 0.25) is 0 Å². The van der Waals surface area contributed by atoms with Gasteiger partial charge in [-0.15, -0.1) is 0 Å². The number of carboxylic acid groups (broad SMARTS) is 1. The van der Waals surface area contributed by atoms with Crippen LogP contribution < -0.4 is 5.73 Å². The third-order valence-electron chi connectivity index (χ3n) is 2.52. The summed E-state index contributed by atoms with van der Waals surface area (Å²) in [7, 11) is -3.63. The van der Waals surface area contributed by atoms with Gasteiger partial charge < -0.3 is 15.9 Å². The van der Waals surface area contributed by atoms with E-state index < -0.39 is 33.9 Å². The molecule has 4 N–H and O–H groups in total. The largest absolute Gasteiger partial charge is 0.480 e. The topological polar surface area (TPSA) is 121 Å². The van der Waals surface area contributed by atoms with Crippen LogP contribution in [-0.2, 0) is 14.8 Å². The van der Waals surface area contributed by atoms with Crippen LogP contribution in [-0.4, -0.2) is 59.9 Å². The molecule has 0 aliphatic carbocycles. The number of sulfonamides is 1. The molecule has 8 heteroatoms. The summed E-state index contributed by atoms with van der Waals surface area (Å²) in [6.45, 7) is 0.436. The van der Waals surface area contributed by atoms with Gasteiger partial charge in [-0.05, 0) is 12.8 Å². The van der Waals surface area contributed by atoms with Gasteiger partial charge in [0.15, 0.2) is 0 Å². The summed E-state index contributed by atoms with van der Waals surface area (Å²) in [5, 5.41) is 17.8. The molecule has 0 aromatic carbocycles. The van der Waals surface area contributed by atoms with Gasteiger partial charge >= 0.3 is 5.97 Å². The Balaban J connectivity index is 2.60. The van der Waals surface area contributed by atoms with Gasteiger partial charge in [-0.25, -0.2) is 12.7 Å². The van der Waals surface area contributed by atoms with Crippen LogP contribution in [0.4, 0.5) is 0 Å². The molecule has 0 unspecified atom stereocenters. The van der Waals surface area contributed by atoms with Gasteiger partial charge in [0.2, 0.25) is 10.0 Å². The van der Waals surface area contributed by atoms with Crippen LogP contribution in [0, 0.1) is 0 Å². The summed E-state index contributed by atoms with van der Waals surface area (Å²) in [6.07, 6.45) is 0.280. The quantitative estimate of drug-likeness (QED) is 0.542. The van der Waals surface area contributed by atoms with E-state index in [0.29, 0.717) is 12.8 Å². The fourth-order valence-corrected chi connectivity index (χ4v) is 3.10. The predicted octanol–water partition coefficient (Wildman–Crippen LogP) is -1.82. The number of aliphatic carboxylic acids is 1. The van der Waals surface area contributed by atoms with Crippen LogP contribution in [0.15, 0.2) is 0 Å². The Hall–Kier alpha value is -0.700. The molecular weight excluding hydrogens is 236 g/mol. The molecule has 1 fully saturated rings. The standard InChI is InChI=1S/C8H16N2O5S/c9-7(8(12)13)5-16(14,15)10-3-1-6(11)2-4-10/h6-7,11H,1-5,9H2,(H,12,13)/t7-/m0/s1. The van der Waals surface area contributed by atoms with Crippen LogP contribution >= 0.6 is 0 Å². The van der Waals surface area contributed by atoms with Crippen LogP contribution in [0.25, 0.3) is 0 Å². The van der Waals surface area contributed by atoms with Crippen molar-refractivity contribution in [1.82, 2.24) is 4.31 Å². The number of aliphatic hydroxyl groups excluding tert-OH is 1. The molecule has 1 rings (SSSR count). The number of carbonyl (C=O) groups is 1. The van der Waals surface area contributed by atoms with Crippen molar-refractivity contribution in [3.63, 3.8) is 0 Å². The molecule has 1 aliphatic heterocycles. The van der Waals surface area contributed by atoms with E-state index in [4.69, 9.17) is 10.8 Å². The molecule has 1 aliphatic rings. The molecule has 1 atom stereocenters. The van der Waals surface area contributed by atoms with Crippen LogP contribution in [0.3, 0.4) is 0 Å². The van der Waals surface area contributed by atoms with Crippen molar-refractivity contribution in [1.29, 1.82) is 0 Å². The average molecular weight is 252 g/mol. The number of hydrogen-bond donors (Lipinski definition) is 3. The Morgan fingerprint density at radius 3 is 2.38 bits per heavy atom. The maximum Gasteiger partial charge on any atom is 0.321 e. The number of piperidine rings is 1. The minimum Gasteiger partial charge on any atom is -0.480 e. The average Bonchev–Trinajstić information content (AvgIpc) is 2.17. The van der Waals surface area contributed by atoms with Crippen LogP contribution in [0.1, 0.15) is 12.8 Å². The molecule has 16 heavy (non-hydrogen) atoms. The van der Waals surface area contributed by atoms with Gasteiger partial charge in [-0.3, -0.25) is 4.79 Å². The van der Waals surface area contributed by atoms with Crippen molar-refractivity contribution in [2.75, 3.05) is 18.8 Å². The number of carboxylic acids is 1. The Morgan fingerprint density at radius 2 is 1.94 bits per heavy atom. The number of nitrogens with two attached hydrogens (primary N) is 1. The highest BCUT2D eigenvalue weighted by atomic mass is 32.2. The van der Waals surface area contributed by atoms with Gasteiger partial charge in [-0.1, -0.05) is 0 Å². The minimum atomic E-state index is -3.63. The Morgan fingerprint density at radius 1 is 1.44 bits per heavy atom. The summed E-state index contributed by atoms with van der Waals surface area (Å²) in [6, 6.07) is -1.41. The second kappa shape index (κ2) is 5.09. The molecule has 1 saturated heterocycles. The fourth-order valence-electron chi connectivity index (χ4n) is 1.52. The molecule has 0 spiro atoms. The maximum absolute atomic E-state index is 11.7. The van der Waals surface area contributed by atoms with Crippen molar-refractivity contribution in [3.05, 3.63) is 0 Å². The number of nitrogens with zero attached hydrogens (tertiary/aromatic N) is 1. The molecule has 0 aromatic heterocycles. The lowest BCUT2D eigenvalue weighted by atomic mass is 10.1. The second-order valence-corrected chi connectivity index (χ2v) is 5.87. The molecule has 0 amide bonds. The van der Waals surface area contributed by atoms with Crippen molar-refractivity contribution >= 4 is 16.0 Å². The number of hydrogen-bond acceptors (Lipinski definition) is 5. The fraction of sp³-hybridized carbons (Fsp3) is 0.875. The van der Waals surface area contributed by atoms with E-state index in [1.165, 1.54) is 4.31 Å². The van der Waals surface area contributed by atoms with E-state index in [1.807, 2.05) is 0 Å². The summed E-state index contributed by atoms with van der Waals surface area (Å²) < 4.78 is 24.6. The first kappa shape index (κ1) is 13.4. The van der Waals surface area contributed by atoms with E-state index in [2.05, 4.69) is 0 Å². The summed E-state index contributed by atoms with van der Waals surface area (Å²) in [5.74, 6) is -1.93. The van der Waals surface area contributed by atoms with Gasteiger partial charge in [0, 0.05) is 13.1 Å². The molecule has 1 heterocycles. The molecule has 7 nitrogen and oxygen atoms in total. The Labute approximate surface area is 93.9 Å².